The number of unbranched alkanes of at least 4 members (excludes halogenated alkanes) is 1. The number of carbonyl (C=O) groups excluding carboxylic acids is 2. The maximum absolute atomic E-state index is 12.7. The summed E-state index contributed by atoms with van der Waals surface area (Å²) in [6.07, 6.45) is 16.5. The molecule has 0 aromatic heterocycles. The van der Waals surface area contributed by atoms with Crippen molar-refractivity contribution in [1.29, 1.82) is 0 Å². The highest BCUT2D eigenvalue weighted by atomic mass is 16.2. The summed E-state index contributed by atoms with van der Waals surface area (Å²) in [6, 6.07) is 0.335. The van der Waals surface area contributed by atoms with Crippen LogP contribution < -0.4 is 11.1 Å². The average Bonchev–Trinajstić information content (AvgIpc) is 3.52. The number of nitrogens with two attached hydrogens (primary N) is 1. The minimum absolute atomic E-state index is 0.0609. The molecule has 0 bridgehead atoms. The van der Waals surface area contributed by atoms with Crippen LogP contribution in [0.1, 0.15) is 91.4 Å². The molecule has 5 nitrogen and oxygen atoms in total. The normalized spacial score (nSPS) is 26.2. The van der Waals surface area contributed by atoms with E-state index in [2.05, 4.69) is 49.7 Å². The monoisotopic (exact) mass is 507 g/mol. The lowest BCUT2D eigenvalue weighted by Gasteiger charge is -2.46. The summed E-state index contributed by atoms with van der Waals surface area (Å²) in [7, 11) is 0. The number of Topliss-reactive ketones (excluding diaryl/α,β-unsaturated/α-hetero) is 2. The van der Waals surface area contributed by atoms with Gasteiger partial charge in [-0.3, -0.25) is 9.59 Å². The molecule has 2 saturated carbocycles. The first-order valence-electron chi connectivity index (χ1n) is 14.3. The Kier molecular flexibility index (Phi) is 9.73. The number of nitrogens with one attached hydrogen (secondary N) is 1. The van der Waals surface area contributed by atoms with Crippen molar-refractivity contribution in [1.82, 2.24) is 10.2 Å². The summed E-state index contributed by atoms with van der Waals surface area (Å²) in [5.74, 6) is 3.70. The predicted octanol–water partition coefficient (Wildman–Crippen LogP) is 5.73. The molecule has 3 N–H and O–H groups in total. The van der Waals surface area contributed by atoms with Gasteiger partial charge in [-0.1, -0.05) is 58.4 Å². The maximum Gasteiger partial charge on any atom is 0.201 e. The molecule has 0 amide bonds. The standard InChI is InChI=1S/C32H49N3O2/c1-8-9-11-14-27(30(37)24(5)36)21(2)15-16-22(3)29-28-19-26(28)20-35(29)23(4)31(34-25(6)33)32(7)17-12-10-13-18-32/h1,21,26-29,31,34H,3-4,6,9-20,33H2,2,5,7H3/t21?,26-,27?,28-,29?,31?/m0/s1. The van der Waals surface area contributed by atoms with Crippen LogP contribution in [0, 0.1) is 41.4 Å². The lowest BCUT2D eigenvalue weighted by Crippen LogP contribution is -2.51. The van der Waals surface area contributed by atoms with Gasteiger partial charge in [0.1, 0.15) is 0 Å². The minimum atomic E-state index is -0.355. The third-order valence-corrected chi connectivity index (χ3v) is 9.42. The molecule has 1 aliphatic heterocycles. The van der Waals surface area contributed by atoms with Gasteiger partial charge in [0.2, 0.25) is 5.78 Å². The lowest BCUT2D eigenvalue weighted by atomic mass is 9.69. The molecule has 0 aromatic carbocycles. The highest BCUT2D eigenvalue weighted by Gasteiger charge is 2.55. The summed E-state index contributed by atoms with van der Waals surface area (Å²) in [5, 5.41) is 3.50. The van der Waals surface area contributed by atoms with Crippen molar-refractivity contribution in [3.63, 3.8) is 0 Å². The van der Waals surface area contributed by atoms with Crippen LogP contribution in [0.2, 0.25) is 0 Å². The molecular formula is C32H49N3O2. The van der Waals surface area contributed by atoms with E-state index in [1.807, 2.05) is 0 Å². The number of carbonyl (C=O) groups is 2. The van der Waals surface area contributed by atoms with Gasteiger partial charge in [0.05, 0.1) is 17.9 Å². The van der Waals surface area contributed by atoms with Gasteiger partial charge in [-0.05, 0) is 68.1 Å². The van der Waals surface area contributed by atoms with Crippen molar-refractivity contribution in [3.8, 4) is 12.3 Å². The second-order valence-corrected chi connectivity index (χ2v) is 12.4. The zero-order valence-electron chi connectivity index (χ0n) is 23.5. The fraction of sp³-hybridized carbons (Fsp3) is 0.688. The molecule has 1 saturated heterocycles. The molecule has 4 unspecified atom stereocenters. The molecule has 0 radical (unpaired) electrons. The first-order valence-corrected chi connectivity index (χ1v) is 14.3. The number of rotatable bonds is 15. The number of piperidine rings is 1. The van der Waals surface area contributed by atoms with Gasteiger partial charge in [0, 0.05) is 31.5 Å². The molecule has 37 heavy (non-hydrogen) atoms. The van der Waals surface area contributed by atoms with Crippen molar-refractivity contribution in [3.05, 3.63) is 36.8 Å². The van der Waals surface area contributed by atoms with Crippen LogP contribution in [-0.2, 0) is 9.59 Å². The van der Waals surface area contributed by atoms with Crippen molar-refractivity contribution in [2.24, 2.45) is 34.8 Å². The Balaban J connectivity index is 1.69. The maximum atomic E-state index is 12.7. The molecular weight excluding hydrogens is 458 g/mol. The van der Waals surface area contributed by atoms with E-state index in [4.69, 9.17) is 12.2 Å². The molecule has 1 heterocycles. The van der Waals surface area contributed by atoms with Gasteiger partial charge in [-0.2, -0.15) is 0 Å². The van der Waals surface area contributed by atoms with Gasteiger partial charge in [-0.25, -0.2) is 0 Å². The van der Waals surface area contributed by atoms with Gasteiger partial charge < -0.3 is 16.0 Å². The third kappa shape index (κ3) is 6.89. The largest absolute Gasteiger partial charge is 0.386 e. The fourth-order valence-electron chi connectivity index (χ4n) is 7.06. The summed E-state index contributed by atoms with van der Waals surface area (Å²) in [4.78, 5) is 27.0. The Morgan fingerprint density at radius 3 is 2.46 bits per heavy atom. The van der Waals surface area contributed by atoms with Crippen LogP contribution in [-0.4, -0.2) is 35.1 Å². The highest BCUT2D eigenvalue weighted by molar-refractivity contribution is 6.37. The van der Waals surface area contributed by atoms with Crippen molar-refractivity contribution < 1.29 is 9.59 Å². The van der Waals surface area contributed by atoms with E-state index < -0.39 is 0 Å². The molecule has 3 fully saturated rings. The molecule has 3 aliphatic rings. The second kappa shape index (κ2) is 12.4. The van der Waals surface area contributed by atoms with E-state index in [9.17, 15) is 9.59 Å². The summed E-state index contributed by atoms with van der Waals surface area (Å²) in [6.45, 7) is 20.0. The summed E-state index contributed by atoms with van der Waals surface area (Å²) >= 11 is 0. The number of ketones is 2. The summed E-state index contributed by atoms with van der Waals surface area (Å²) in [5.41, 5.74) is 8.51. The zero-order chi connectivity index (χ0) is 27.3. The number of fused-ring (bicyclic) bond motifs is 1. The van der Waals surface area contributed by atoms with E-state index >= 15 is 0 Å². The van der Waals surface area contributed by atoms with Crippen LogP contribution in [0.25, 0.3) is 0 Å². The Bertz CT molecular complexity index is 938. The Hall–Kier alpha value is -2.48. The van der Waals surface area contributed by atoms with Crippen molar-refractivity contribution >= 4 is 11.6 Å². The van der Waals surface area contributed by atoms with Crippen LogP contribution in [0.5, 0.6) is 0 Å². The molecule has 0 aromatic rings. The van der Waals surface area contributed by atoms with Crippen LogP contribution >= 0.6 is 0 Å². The SMILES string of the molecule is C#CCCCC(C(=O)C(C)=O)C(C)CCC(=C)C1[C@H]2C[C@H]2CN1C(=C)C(NC(=C)N)C1(C)CCCCC1. The molecule has 0 spiro atoms. The lowest BCUT2D eigenvalue weighted by molar-refractivity contribution is -0.139. The highest BCUT2D eigenvalue weighted by Crippen LogP contribution is 2.54. The van der Waals surface area contributed by atoms with E-state index in [-0.39, 0.29) is 40.9 Å². The topological polar surface area (TPSA) is 75.4 Å². The Labute approximate surface area is 225 Å². The molecule has 6 atom stereocenters. The summed E-state index contributed by atoms with van der Waals surface area (Å²) < 4.78 is 0. The minimum Gasteiger partial charge on any atom is -0.386 e. The van der Waals surface area contributed by atoms with Gasteiger partial charge in [0.25, 0.3) is 0 Å². The molecule has 5 heteroatoms. The van der Waals surface area contributed by atoms with Gasteiger partial charge >= 0.3 is 0 Å². The van der Waals surface area contributed by atoms with Crippen molar-refractivity contribution in [2.45, 2.75) is 103 Å². The zero-order valence-corrected chi connectivity index (χ0v) is 23.5. The van der Waals surface area contributed by atoms with Crippen LogP contribution in [0.4, 0.5) is 0 Å². The van der Waals surface area contributed by atoms with E-state index in [1.165, 1.54) is 38.2 Å². The van der Waals surface area contributed by atoms with E-state index in [0.29, 0.717) is 30.5 Å². The first kappa shape index (κ1) is 29.1. The number of likely N-dealkylation sites (tertiary alicyclic amines) is 1. The second-order valence-electron chi connectivity index (χ2n) is 12.4. The van der Waals surface area contributed by atoms with Crippen LogP contribution in [0.3, 0.4) is 0 Å². The number of hydrogen-bond donors (Lipinski definition) is 2. The third-order valence-electron chi connectivity index (χ3n) is 9.42. The van der Waals surface area contributed by atoms with Gasteiger partial charge in [0.15, 0.2) is 5.78 Å². The van der Waals surface area contributed by atoms with E-state index in [1.54, 1.807) is 0 Å². The molecule has 3 rings (SSSR count). The van der Waals surface area contributed by atoms with Crippen molar-refractivity contribution in [2.75, 3.05) is 6.54 Å². The molecule has 204 valence electrons. The number of nitrogens with zero attached hydrogens (tertiary/aromatic N) is 1. The quantitative estimate of drug-likeness (QED) is 0.128. The Morgan fingerprint density at radius 1 is 1.19 bits per heavy atom. The Morgan fingerprint density at radius 2 is 1.86 bits per heavy atom. The van der Waals surface area contributed by atoms with E-state index in [0.717, 1.165) is 44.3 Å². The number of terminal acetylenes is 1. The molecule has 2 aliphatic carbocycles. The number of hydrogen-bond acceptors (Lipinski definition) is 5. The van der Waals surface area contributed by atoms with Gasteiger partial charge in [-0.15, -0.1) is 12.3 Å². The average molecular weight is 508 g/mol. The smallest absolute Gasteiger partial charge is 0.201 e. The first-order chi connectivity index (χ1) is 17.5. The predicted molar refractivity (Wildman–Crippen MR) is 152 cm³/mol. The fourth-order valence-corrected chi connectivity index (χ4v) is 7.06. The van der Waals surface area contributed by atoms with Crippen LogP contribution in [0.15, 0.2) is 36.8 Å².